The molecule has 2 rings (SSSR count). The standard InChI is InChI=1S/C22H23F3O7/c1-4-29-18(26)21(2,32-17-12-8-11-16(13-17)28-3)20(31-19(27)22(23,24)25)30-14-15-9-6-5-7-10-15/h5-13,20H,4,14H2,1-3H3. The van der Waals surface area contributed by atoms with E-state index in [1.807, 2.05) is 0 Å². The lowest BCUT2D eigenvalue weighted by Crippen LogP contribution is -2.56. The van der Waals surface area contributed by atoms with Crippen LogP contribution in [0.25, 0.3) is 0 Å². The van der Waals surface area contributed by atoms with E-state index >= 15 is 0 Å². The van der Waals surface area contributed by atoms with E-state index in [4.69, 9.17) is 18.9 Å². The van der Waals surface area contributed by atoms with E-state index in [2.05, 4.69) is 4.74 Å². The van der Waals surface area contributed by atoms with Crippen molar-refractivity contribution in [1.82, 2.24) is 0 Å². The molecule has 0 aromatic heterocycles. The molecule has 0 aliphatic rings. The molecule has 0 fully saturated rings. The summed E-state index contributed by atoms with van der Waals surface area (Å²) in [5.41, 5.74) is -1.72. The Morgan fingerprint density at radius 3 is 2.22 bits per heavy atom. The van der Waals surface area contributed by atoms with Crippen LogP contribution in [0, 0.1) is 0 Å². The molecule has 0 N–H and O–H groups in total. The lowest BCUT2D eigenvalue weighted by molar-refractivity contribution is -0.256. The summed E-state index contributed by atoms with van der Waals surface area (Å²) in [6.45, 7) is 2.25. The summed E-state index contributed by atoms with van der Waals surface area (Å²) < 4.78 is 64.6. The number of esters is 2. The van der Waals surface area contributed by atoms with Crippen LogP contribution in [-0.4, -0.2) is 43.7 Å². The maximum Gasteiger partial charge on any atom is 0.491 e. The third kappa shape index (κ3) is 6.61. The quantitative estimate of drug-likeness (QED) is 0.394. The Balaban J connectivity index is 2.42. The second-order valence-electron chi connectivity index (χ2n) is 6.64. The highest BCUT2D eigenvalue weighted by Crippen LogP contribution is 2.30. The molecule has 0 bridgehead atoms. The fraction of sp³-hybridized carbons (Fsp3) is 0.364. The molecule has 7 nitrogen and oxygen atoms in total. The Hall–Kier alpha value is -3.27. The molecule has 174 valence electrons. The molecule has 0 spiro atoms. The first-order chi connectivity index (χ1) is 15.1. The maximum absolute atomic E-state index is 12.9. The Morgan fingerprint density at radius 2 is 1.62 bits per heavy atom. The van der Waals surface area contributed by atoms with Gasteiger partial charge in [-0.25, -0.2) is 9.59 Å². The Bertz CT molecular complexity index is 902. The fourth-order valence-electron chi connectivity index (χ4n) is 2.59. The lowest BCUT2D eigenvalue weighted by Gasteiger charge is -2.34. The average Bonchev–Trinajstić information content (AvgIpc) is 2.76. The second kappa shape index (κ2) is 10.9. The summed E-state index contributed by atoms with van der Waals surface area (Å²) in [7, 11) is 1.40. The average molecular weight is 456 g/mol. The number of methoxy groups -OCH3 is 1. The van der Waals surface area contributed by atoms with Crippen LogP contribution in [0.4, 0.5) is 13.2 Å². The van der Waals surface area contributed by atoms with Crippen molar-refractivity contribution >= 4 is 11.9 Å². The molecule has 2 atom stereocenters. The summed E-state index contributed by atoms with van der Waals surface area (Å²) in [5, 5.41) is 0. The molecule has 2 aromatic carbocycles. The molecule has 0 aliphatic carbocycles. The van der Waals surface area contributed by atoms with Gasteiger partial charge in [-0.3, -0.25) is 0 Å². The van der Waals surface area contributed by atoms with Crippen molar-refractivity contribution in [3.63, 3.8) is 0 Å². The monoisotopic (exact) mass is 456 g/mol. The van der Waals surface area contributed by atoms with E-state index < -0.39 is 30.0 Å². The normalized spacial score (nSPS) is 14.1. The molecular formula is C22H23F3O7. The number of carbonyl (C=O) groups is 2. The highest BCUT2D eigenvalue weighted by molar-refractivity contribution is 5.82. The molecule has 0 saturated heterocycles. The first-order valence-electron chi connectivity index (χ1n) is 9.53. The largest absolute Gasteiger partial charge is 0.497 e. The van der Waals surface area contributed by atoms with Gasteiger partial charge in [0.2, 0.25) is 0 Å². The van der Waals surface area contributed by atoms with Gasteiger partial charge in [0.05, 0.1) is 20.3 Å². The number of ether oxygens (including phenoxy) is 5. The van der Waals surface area contributed by atoms with Gasteiger partial charge in [0.1, 0.15) is 11.5 Å². The number of hydrogen-bond acceptors (Lipinski definition) is 7. The van der Waals surface area contributed by atoms with E-state index in [-0.39, 0.29) is 19.0 Å². The van der Waals surface area contributed by atoms with Crippen LogP contribution in [0.3, 0.4) is 0 Å². The molecule has 2 unspecified atom stereocenters. The van der Waals surface area contributed by atoms with Gasteiger partial charge in [-0.2, -0.15) is 13.2 Å². The summed E-state index contributed by atoms with van der Waals surface area (Å²) in [5.74, 6) is -3.21. The zero-order valence-corrected chi connectivity index (χ0v) is 17.7. The predicted octanol–water partition coefficient (Wildman–Crippen LogP) is 4.04. The third-order valence-corrected chi connectivity index (χ3v) is 4.19. The van der Waals surface area contributed by atoms with E-state index in [1.54, 1.807) is 42.5 Å². The van der Waals surface area contributed by atoms with Gasteiger partial charge < -0.3 is 23.7 Å². The number of carbonyl (C=O) groups excluding carboxylic acids is 2. The third-order valence-electron chi connectivity index (χ3n) is 4.19. The molecule has 0 amide bonds. The van der Waals surface area contributed by atoms with Crippen LogP contribution in [0.15, 0.2) is 54.6 Å². The van der Waals surface area contributed by atoms with E-state index in [9.17, 15) is 22.8 Å². The van der Waals surface area contributed by atoms with Gasteiger partial charge in [0, 0.05) is 6.07 Å². The number of rotatable bonds is 10. The molecule has 0 aliphatic heterocycles. The van der Waals surface area contributed by atoms with Crippen LogP contribution in [0.1, 0.15) is 19.4 Å². The first kappa shape index (κ1) is 25.0. The molecular weight excluding hydrogens is 433 g/mol. The summed E-state index contributed by atoms with van der Waals surface area (Å²) in [6.07, 6.45) is -7.41. The van der Waals surface area contributed by atoms with Crippen molar-refractivity contribution in [2.24, 2.45) is 0 Å². The van der Waals surface area contributed by atoms with Crippen molar-refractivity contribution < 1.29 is 46.4 Å². The van der Waals surface area contributed by atoms with Crippen molar-refractivity contribution in [3.05, 3.63) is 60.2 Å². The lowest BCUT2D eigenvalue weighted by atomic mass is 10.1. The minimum atomic E-state index is -5.32. The number of hydrogen-bond donors (Lipinski definition) is 0. The second-order valence-corrected chi connectivity index (χ2v) is 6.64. The maximum atomic E-state index is 12.9. The molecule has 10 heteroatoms. The van der Waals surface area contributed by atoms with Crippen LogP contribution >= 0.6 is 0 Å². The van der Waals surface area contributed by atoms with Crippen molar-refractivity contribution in [1.29, 1.82) is 0 Å². The van der Waals surface area contributed by atoms with Crippen LogP contribution in [0.5, 0.6) is 11.5 Å². The van der Waals surface area contributed by atoms with Gasteiger partial charge >= 0.3 is 18.1 Å². The summed E-state index contributed by atoms with van der Waals surface area (Å²) in [4.78, 5) is 24.4. The van der Waals surface area contributed by atoms with Gasteiger partial charge in [-0.05, 0) is 31.5 Å². The number of halogens is 3. The summed E-state index contributed by atoms with van der Waals surface area (Å²) in [6, 6.07) is 14.4. The van der Waals surface area contributed by atoms with Crippen LogP contribution < -0.4 is 9.47 Å². The highest BCUT2D eigenvalue weighted by atomic mass is 19.4. The van der Waals surface area contributed by atoms with Crippen molar-refractivity contribution in [2.45, 2.75) is 38.5 Å². The minimum absolute atomic E-state index is 0.0521. The number of alkyl halides is 3. The zero-order chi connectivity index (χ0) is 23.8. The van der Waals surface area contributed by atoms with E-state index in [0.717, 1.165) is 6.92 Å². The topological polar surface area (TPSA) is 80.3 Å². The molecule has 0 saturated carbocycles. The Labute approximate surface area is 183 Å². The van der Waals surface area contributed by atoms with Crippen molar-refractivity contribution in [2.75, 3.05) is 13.7 Å². The van der Waals surface area contributed by atoms with E-state index in [1.165, 1.54) is 26.2 Å². The predicted molar refractivity (Wildman–Crippen MR) is 106 cm³/mol. The molecule has 0 heterocycles. The van der Waals surface area contributed by atoms with Gasteiger partial charge in [-0.1, -0.05) is 36.4 Å². The minimum Gasteiger partial charge on any atom is -0.497 e. The first-order valence-corrected chi connectivity index (χ1v) is 9.53. The van der Waals surface area contributed by atoms with Gasteiger partial charge in [-0.15, -0.1) is 0 Å². The summed E-state index contributed by atoms with van der Waals surface area (Å²) >= 11 is 0. The van der Waals surface area contributed by atoms with E-state index in [0.29, 0.717) is 11.3 Å². The zero-order valence-electron chi connectivity index (χ0n) is 17.7. The molecule has 32 heavy (non-hydrogen) atoms. The molecule has 2 aromatic rings. The van der Waals surface area contributed by atoms with Crippen LogP contribution in [-0.2, 0) is 30.4 Å². The smallest absolute Gasteiger partial charge is 0.491 e. The number of benzene rings is 2. The van der Waals surface area contributed by atoms with Crippen LogP contribution in [0.2, 0.25) is 0 Å². The Kier molecular flexibility index (Phi) is 8.48. The SMILES string of the molecule is CCOC(=O)C(C)(Oc1cccc(OC)c1)C(OCc1ccccc1)OC(=O)C(F)(F)F. The van der Waals surface area contributed by atoms with Crippen molar-refractivity contribution in [3.8, 4) is 11.5 Å². The highest BCUT2D eigenvalue weighted by Gasteiger charge is 2.53. The fourth-order valence-corrected chi connectivity index (χ4v) is 2.59. The Morgan fingerprint density at radius 1 is 0.969 bits per heavy atom. The van der Waals surface area contributed by atoms with Gasteiger partial charge in [0.15, 0.2) is 0 Å². The molecule has 0 radical (unpaired) electrons. The van der Waals surface area contributed by atoms with Gasteiger partial charge in [0.25, 0.3) is 11.9 Å².